The highest BCUT2D eigenvalue weighted by Gasteiger charge is 2.18. The van der Waals surface area contributed by atoms with Crippen molar-refractivity contribution in [2.24, 2.45) is 13.0 Å². The van der Waals surface area contributed by atoms with Crippen molar-refractivity contribution < 1.29 is 9.90 Å². The summed E-state index contributed by atoms with van der Waals surface area (Å²) in [5.41, 5.74) is 1.73. The Morgan fingerprint density at radius 1 is 1.40 bits per heavy atom. The van der Waals surface area contributed by atoms with Gasteiger partial charge in [-0.25, -0.2) is 0 Å². The quantitative estimate of drug-likeness (QED) is 0.879. The predicted molar refractivity (Wildman–Crippen MR) is 80.7 cm³/mol. The average molecular weight is 274 g/mol. The number of carbonyl (C=O) groups is 1. The van der Waals surface area contributed by atoms with Crippen LogP contribution in [0, 0.1) is 5.92 Å². The summed E-state index contributed by atoms with van der Waals surface area (Å²) in [5, 5.41) is 13.3. The number of aliphatic hydroxyl groups excluding tert-OH is 1. The van der Waals surface area contributed by atoms with Crippen molar-refractivity contribution in [2.45, 2.75) is 26.3 Å². The van der Waals surface area contributed by atoms with Crippen LogP contribution in [-0.2, 0) is 7.05 Å². The molecule has 108 valence electrons. The number of hydrogen-bond donors (Lipinski definition) is 2. The molecule has 0 bridgehead atoms. The van der Waals surface area contributed by atoms with Crippen LogP contribution in [0.5, 0.6) is 0 Å². The Hall–Kier alpha value is -1.81. The number of aryl methyl sites for hydroxylation is 1. The SMILES string of the molecule is CC[C@H](C)[C@H](CO)NC(=O)c1ccc2c(ccn2C)c1. The van der Waals surface area contributed by atoms with Crippen LogP contribution in [0.2, 0.25) is 0 Å². The molecule has 0 fully saturated rings. The highest BCUT2D eigenvalue weighted by atomic mass is 16.3. The Kier molecular flexibility index (Phi) is 4.45. The number of fused-ring (bicyclic) bond motifs is 1. The minimum atomic E-state index is -0.195. The molecule has 1 heterocycles. The summed E-state index contributed by atoms with van der Waals surface area (Å²) in [6.07, 6.45) is 2.89. The number of benzene rings is 1. The van der Waals surface area contributed by atoms with E-state index in [-0.39, 0.29) is 24.5 Å². The maximum Gasteiger partial charge on any atom is 0.251 e. The number of aliphatic hydroxyl groups is 1. The molecule has 0 aliphatic heterocycles. The smallest absolute Gasteiger partial charge is 0.251 e. The van der Waals surface area contributed by atoms with Crippen LogP contribution < -0.4 is 5.32 Å². The monoisotopic (exact) mass is 274 g/mol. The maximum absolute atomic E-state index is 12.3. The first kappa shape index (κ1) is 14.6. The van der Waals surface area contributed by atoms with Gasteiger partial charge in [0, 0.05) is 29.7 Å². The molecule has 0 unspecified atom stereocenters. The zero-order valence-corrected chi connectivity index (χ0v) is 12.3. The fourth-order valence-electron chi connectivity index (χ4n) is 2.33. The third-order valence-corrected chi connectivity index (χ3v) is 3.99. The lowest BCUT2D eigenvalue weighted by Gasteiger charge is -2.22. The standard InChI is InChI=1S/C16H22N2O2/c1-4-11(2)14(10-19)17-16(20)13-5-6-15-12(9-13)7-8-18(15)3/h5-9,11,14,19H,4,10H2,1-3H3,(H,17,20)/t11-,14-/m0/s1. The first-order chi connectivity index (χ1) is 9.56. The number of nitrogens with one attached hydrogen (secondary N) is 1. The number of aromatic nitrogens is 1. The summed E-state index contributed by atoms with van der Waals surface area (Å²) in [5.74, 6) is 0.125. The van der Waals surface area contributed by atoms with Gasteiger partial charge < -0.3 is 15.0 Å². The van der Waals surface area contributed by atoms with E-state index in [1.165, 1.54) is 0 Å². The molecule has 1 aromatic carbocycles. The zero-order chi connectivity index (χ0) is 14.7. The lowest BCUT2D eigenvalue weighted by Crippen LogP contribution is -2.41. The molecule has 2 atom stereocenters. The second-order valence-corrected chi connectivity index (χ2v) is 5.35. The molecule has 0 radical (unpaired) electrons. The Morgan fingerprint density at radius 2 is 2.15 bits per heavy atom. The topological polar surface area (TPSA) is 54.3 Å². The fourth-order valence-corrected chi connectivity index (χ4v) is 2.33. The Bertz CT molecular complexity index is 604. The van der Waals surface area contributed by atoms with Crippen LogP contribution in [0.25, 0.3) is 10.9 Å². The van der Waals surface area contributed by atoms with Crippen molar-refractivity contribution in [1.29, 1.82) is 0 Å². The summed E-state index contributed by atoms with van der Waals surface area (Å²) in [6, 6.07) is 7.45. The number of hydrogen-bond acceptors (Lipinski definition) is 2. The molecule has 0 saturated heterocycles. The number of rotatable bonds is 5. The van der Waals surface area contributed by atoms with E-state index in [1.54, 1.807) is 0 Å². The molecule has 2 rings (SSSR count). The van der Waals surface area contributed by atoms with Gasteiger partial charge in [0.1, 0.15) is 0 Å². The van der Waals surface area contributed by atoms with E-state index >= 15 is 0 Å². The third kappa shape index (κ3) is 2.85. The minimum absolute atomic E-state index is 0.0334. The van der Waals surface area contributed by atoms with E-state index in [4.69, 9.17) is 0 Å². The molecule has 2 N–H and O–H groups in total. The molecule has 0 aliphatic carbocycles. The zero-order valence-electron chi connectivity index (χ0n) is 12.3. The summed E-state index contributed by atoms with van der Waals surface area (Å²) in [7, 11) is 1.98. The largest absolute Gasteiger partial charge is 0.394 e. The van der Waals surface area contributed by atoms with Gasteiger partial charge in [-0.05, 0) is 30.2 Å². The second kappa shape index (κ2) is 6.09. The van der Waals surface area contributed by atoms with E-state index in [2.05, 4.69) is 12.2 Å². The summed E-state index contributed by atoms with van der Waals surface area (Å²) >= 11 is 0. The average Bonchev–Trinajstić information content (AvgIpc) is 2.84. The lowest BCUT2D eigenvalue weighted by atomic mass is 9.99. The van der Waals surface area contributed by atoms with Gasteiger partial charge >= 0.3 is 0 Å². The molecule has 1 aromatic heterocycles. The van der Waals surface area contributed by atoms with Crippen LogP contribution in [0.3, 0.4) is 0 Å². The molecule has 0 saturated carbocycles. The molecule has 4 heteroatoms. The number of nitrogens with zero attached hydrogens (tertiary/aromatic N) is 1. The molecular weight excluding hydrogens is 252 g/mol. The van der Waals surface area contributed by atoms with Crippen molar-refractivity contribution in [3.05, 3.63) is 36.0 Å². The summed E-state index contributed by atoms with van der Waals surface area (Å²) in [4.78, 5) is 12.3. The molecule has 4 nitrogen and oxygen atoms in total. The van der Waals surface area contributed by atoms with Crippen molar-refractivity contribution >= 4 is 16.8 Å². The Morgan fingerprint density at radius 3 is 2.80 bits per heavy atom. The fraction of sp³-hybridized carbons (Fsp3) is 0.438. The highest BCUT2D eigenvalue weighted by molar-refractivity contribution is 5.98. The first-order valence-electron chi connectivity index (χ1n) is 7.03. The van der Waals surface area contributed by atoms with E-state index in [0.717, 1.165) is 17.3 Å². The van der Waals surface area contributed by atoms with Crippen molar-refractivity contribution in [3.8, 4) is 0 Å². The molecule has 0 aliphatic rings. The second-order valence-electron chi connectivity index (χ2n) is 5.35. The molecule has 0 spiro atoms. The number of carbonyl (C=O) groups excluding carboxylic acids is 1. The van der Waals surface area contributed by atoms with Gasteiger partial charge in [0.05, 0.1) is 12.6 Å². The van der Waals surface area contributed by atoms with Crippen LogP contribution in [0.4, 0.5) is 0 Å². The molecule has 1 amide bonds. The van der Waals surface area contributed by atoms with Gasteiger partial charge in [0.2, 0.25) is 0 Å². The van der Waals surface area contributed by atoms with Gasteiger partial charge in [0.15, 0.2) is 0 Å². The molecule has 2 aromatic rings. The van der Waals surface area contributed by atoms with Crippen LogP contribution >= 0.6 is 0 Å². The lowest BCUT2D eigenvalue weighted by molar-refractivity contribution is 0.0891. The highest BCUT2D eigenvalue weighted by Crippen LogP contribution is 2.17. The van der Waals surface area contributed by atoms with E-state index < -0.39 is 0 Å². The van der Waals surface area contributed by atoms with E-state index in [1.807, 2.05) is 49.0 Å². The molecular formula is C16H22N2O2. The van der Waals surface area contributed by atoms with E-state index in [9.17, 15) is 9.90 Å². The van der Waals surface area contributed by atoms with Crippen LogP contribution in [-0.4, -0.2) is 28.2 Å². The van der Waals surface area contributed by atoms with Gasteiger partial charge in [0.25, 0.3) is 5.91 Å². The van der Waals surface area contributed by atoms with Crippen LogP contribution in [0.15, 0.2) is 30.5 Å². The van der Waals surface area contributed by atoms with Gasteiger partial charge in [-0.1, -0.05) is 20.3 Å². The third-order valence-electron chi connectivity index (χ3n) is 3.99. The maximum atomic E-state index is 12.3. The Labute approximate surface area is 119 Å². The van der Waals surface area contributed by atoms with E-state index in [0.29, 0.717) is 5.56 Å². The summed E-state index contributed by atoms with van der Waals surface area (Å²) < 4.78 is 2.02. The van der Waals surface area contributed by atoms with Gasteiger partial charge in [-0.2, -0.15) is 0 Å². The summed E-state index contributed by atoms with van der Waals surface area (Å²) in [6.45, 7) is 4.05. The van der Waals surface area contributed by atoms with Gasteiger partial charge in [-0.3, -0.25) is 4.79 Å². The predicted octanol–water partition coefficient (Wildman–Crippen LogP) is 2.32. The van der Waals surface area contributed by atoms with Gasteiger partial charge in [-0.15, -0.1) is 0 Å². The number of amides is 1. The minimum Gasteiger partial charge on any atom is -0.394 e. The van der Waals surface area contributed by atoms with Crippen LogP contribution in [0.1, 0.15) is 30.6 Å². The van der Waals surface area contributed by atoms with Crippen molar-refractivity contribution in [3.63, 3.8) is 0 Å². The normalized spacial score (nSPS) is 14.2. The first-order valence-corrected chi connectivity index (χ1v) is 7.03. The Balaban J connectivity index is 2.18. The van der Waals surface area contributed by atoms with Crippen molar-refractivity contribution in [2.75, 3.05) is 6.61 Å². The molecule has 20 heavy (non-hydrogen) atoms. The van der Waals surface area contributed by atoms with Crippen molar-refractivity contribution in [1.82, 2.24) is 9.88 Å².